The molecule has 1 atom stereocenters. The molecule has 0 spiro atoms. The van der Waals surface area contributed by atoms with Gasteiger partial charge in [0.15, 0.2) is 0 Å². The molecule has 3 rings (SSSR count). The van der Waals surface area contributed by atoms with Crippen LogP contribution in [0.3, 0.4) is 0 Å². The van der Waals surface area contributed by atoms with Crippen LogP contribution in [0.4, 0.5) is 0 Å². The summed E-state index contributed by atoms with van der Waals surface area (Å²) in [5, 5.41) is 14.5. The second-order valence-corrected chi connectivity index (χ2v) is 9.62. The highest BCUT2D eigenvalue weighted by molar-refractivity contribution is 7.90. The van der Waals surface area contributed by atoms with Crippen molar-refractivity contribution >= 4 is 9.84 Å². The summed E-state index contributed by atoms with van der Waals surface area (Å²) in [6.45, 7) is 8.37. The van der Waals surface area contributed by atoms with E-state index in [9.17, 15) is 13.5 Å². The van der Waals surface area contributed by atoms with E-state index in [1.54, 1.807) is 0 Å². The lowest BCUT2D eigenvalue weighted by molar-refractivity contribution is 0.0848. The summed E-state index contributed by atoms with van der Waals surface area (Å²) in [4.78, 5) is 5.07. The van der Waals surface area contributed by atoms with Gasteiger partial charge in [0.25, 0.3) is 0 Å². The van der Waals surface area contributed by atoms with Gasteiger partial charge >= 0.3 is 0 Å². The molecule has 0 saturated carbocycles. The van der Waals surface area contributed by atoms with E-state index < -0.39 is 15.9 Å². The average molecular weight is 371 g/mol. The molecular weight excluding hydrogens is 340 g/mol. The Kier molecular flexibility index (Phi) is 5.82. The molecular formula is C17H30N4O3S. The van der Waals surface area contributed by atoms with Crippen LogP contribution < -0.4 is 0 Å². The van der Waals surface area contributed by atoms with Crippen LogP contribution >= 0.6 is 0 Å². The highest BCUT2D eigenvalue weighted by Gasteiger charge is 2.29. The Hall–Kier alpha value is -0.960. The highest BCUT2D eigenvalue weighted by Crippen LogP contribution is 2.24. The molecule has 3 heterocycles. The van der Waals surface area contributed by atoms with Crippen molar-refractivity contribution in [3.05, 3.63) is 17.5 Å². The van der Waals surface area contributed by atoms with Crippen molar-refractivity contribution in [2.45, 2.75) is 51.4 Å². The molecule has 0 bridgehead atoms. The number of aliphatic hydroxyl groups is 1. The van der Waals surface area contributed by atoms with E-state index in [-0.39, 0.29) is 5.75 Å². The Labute approximate surface area is 150 Å². The van der Waals surface area contributed by atoms with Crippen LogP contribution in [0.1, 0.15) is 43.7 Å². The molecule has 7 nitrogen and oxygen atoms in total. The van der Waals surface area contributed by atoms with Gasteiger partial charge in [0.05, 0.1) is 23.7 Å². The summed E-state index contributed by atoms with van der Waals surface area (Å²) in [5.41, 5.74) is 1.55. The summed E-state index contributed by atoms with van der Waals surface area (Å²) >= 11 is 0. The molecule has 0 aliphatic carbocycles. The van der Waals surface area contributed by atoms with Gasteiger partial charge < -0.3 is 10.0 Å². The van der Waals surface area contributed by atoms with Crippen LogP contribution in [-0.2, 0) is 22.9 Å². The van der Waals surface area contributed by atoms with E-state index in [1.165, 1.54) is 38.9 Å². The van der Waals surface area contributed by atoms with Crippen LogP contribution in [0.5, 0.6) is 0 Å². The van der Waals surface area contributed by atoms with Crippen molar-refractivity contribution in [2.75, 3.05) is 38.2 Å². The fourth-order valence-electron chi connectivity index (χ4n) is 3.98. The molecule has 8 heteroatoms. The number of sulfone groups is 1. The zero-order chi connectivity index (χ0) is 18.0. The average Bonchev–Trinajstić information content (AvgIpc) is 2.97. The minimum Gasteiger partial charge on any atom is -0.386 e. The van der Waals surface area contributed by atoms with Crippen molar-refractivity contribution in [1.29, 1.82) is 0 Å². The Bertz CT molecular complexity index is 680. The fourth-order valence-corrected chi connectivity index (χ4v) is 4.72. The third-order valence-corrected chi connectivity index (χ3v) is 6.18. The van der Waals surface area contributed by atoms with Gasteiger partial charge in [-0.05, 0) is 45.0 Å². The minimum absolute atomic E-state index is 0.275. The van der Waals surface area contributed by atoms with E-state index in [0.717, 1.165) is 31.6 Å². The summed E-state index contributed by atoms with van der Waals surface area (Å²) in [6, 6.07) is 2.48. The summed E-state index contributed by atoms with van der Waals surface area (Å²) in [6.07, 6.45) is 3.72. The van der Waals surface area contributed by atoms with Crippen molar-refractivity contribution in [2.24, 2.45) is 0 Å². The zero-order valence-electron chi connectivity index (χ0n) is 15.3. The summed E-state index contributed by atoms with van der Waals surface area (Å²) < 4.78 is 24.7. The number of rotatable bonds is 6. The number of fused-ring (bicyclic) bond motifs is 1. The molecule has 1 saturated heterocycles. The van der Waals surface area contributed by atoms with Gasteiger partial charge in [0.2, 0.25) is 0 Å². The molecule has 2 aliphatic rings. The molecule has 142 valence electrons. The first-order chi connectivity index (χ1) is 11.9. The SMILES string of the molecule is CCCN1CCC(N2CCn3nc([C@@H](O)CS(C)(=O)=O)cc3C2)CC1. The van der Waals surface area contributed by atoms with Crippen molar-refractivity contribution in [3.63, 3.8) is 0 Å². The lowest BCUT2D eigenvalue weighted by Gasteiger charge is -2.40. The maximum atomic E-state index is 11.4. The number of nitrogens with zero attached hydrogens (tertiary/aromatic N) is 4. The monoisotopic (exact) mass is 370 g/mol. The second-order valence-electron chi connectivity index (χ2n) is 7.44. The molecule has 1 N–H and O–H groups in total. The van der Waals surface area contributed by atoms with Crippen LogP contribution in [0.2, 0.25) is 0 Å². The molecule has 25 heavy (non-hydrogen) atoms. The van der Waals surface area contributed by atoms with E-state index in [1.807, 2.05) is 10.7 Å². The first-order valence-electron chi connectivity index (χ1n) is 9.24. The lowest BCUT2D eigenvalue weighted by Crippen LogP contribution is -2.47. The van der Waals surface area contributed by atoms with E-state index in [4.69, 9.17) is 0 Å². The van der Waals surface area contributed by atoms with Crippen LogP contribution in [-0.4, -0.2) is 77.3 Å². The van der Waals surface area contributed by atoms with Gasteiger partial charge in [-0.15, -0.1) is 0 Å². The predicted molar refractivity (Wildman–Crippen MR) is 97.1 cm³/mol. The maximum Gasteiger partial charge on any atom is 0.150 e. The van der Waals surface area contributed by atoms with Gasteiger partial charge in [-0.1, -0.05) is 6.92 Å². The van der Waals surface area contributed by atoms with Crippen molar-refractivity contribution in [1.82, 2.24) is 19.6 Å². The molecule has 0 aromatic carbocycles. The first-order valence-corrected chi connectivity index (χ1v) is 11.3. The number of aromatic nitrogens is 2. The van der Waals surface area contributed by atoms with E-state index in [0.29, 0.717) is 11.7 Å². The summed E-state index contributed by atoms with van der Waals surface area (Å²) in [5.74, 6) is -0.275. The van der Waals surface area contributed by atoms with Gasteiger partial charge in [-0.2, -0.15) is 5.10 Å². The highest BCUT2D eigenvalue weighted by atomic mass is 32.2. The van der Waals surface area contributed by atoms with Gasteiger partial charge in [-0.3, -0.25) is 9.58 Å². The number of piperidine rings is 1. The third kappa shape index (κ3) is 4.81. The second kappa shape index (κ2) is 7.73. The van der Waals surface area contributed by atoms with Crippen LogP contribution in [0.15, 0.2) is 6.07 Å². The Balaban J connectivity index is 1.60. The third-order valence-electron chi connectivity index (χ3n) is 5.26. The summed E-state index contributed by atoms with van der Waals surface area (Å²) in [7, 11) is -3.23. The van der Waals surface area contributed by atoms with Crippen molar-refractivity contribution in [3.8, 4) is 0 Å². The zero-order valence-corrected chi connectivity index (χ0v) is 16.1. The van der Waals surface area contributed by atoms with Gasteiger partial charge in [0.1, 0.15) is 15.9 Å². The van der Waals surface area contributed by atoms with Crippen LogP contribution in [0.25, 0.3) is 0 Å². The number of likely N-dealkylation sites (tertiary alicyclic amines) is 1. The van der Waals surface area contributed by atoms with Crippen LogP contribution in [0, 0.1) is 0 Å². The maximum absolute atomic E-state index is 11.4. The van der Waals surface area contributed by atoms with Crippen molar-refractivity contribution < 1.29 is 13.5 Å². The largest absolute Gasteiger partial charge is 0.386 e. The quantitative estimate of drug-likeness (QED) is 0.792. The van der Waals surface area contributed by atoms with Gasteiger partial charge in [-0.25, -0.2) is 8.42 Å². The molecule has 2 aliphatic heterocycles. The lowest BCUT2D eigenvalue weighted by atomic mass is 10.0. The topological polar surface area (TPSA) is 78.7 Å². The first kappa shape index (κ1) is 18.8. The molecule has 0 radical (unpaired) electrons. The van der Waals surface area contributed by atoms with E-state index >= 15 is 0 Å². The smallest absolute Gasteiger partial charge is 0.150 e. The molecule has 0 unspecified atom stereocenters. The minimum atomic E-state index is -3.23. The van der Waals surface area contributed by atoms with Gasteiger partial charge in [0, 0.05) is 25.4 Å². The Morgan fingerprint density at radius 3 is 2.64 bits per heavy atom. The molecule has 1 aromatic rings. The van der Waals surface area contributed by atoms with E-state index in [2.05, 4.69) is 21.8 Å². The number of hydrogen-bond donors (Lipinski definition) is 1. The predicted octanol–water partition coefficient (Wildman–Crippen LogP) is 0.651. The number of aliphatic hydroxyl groups excluding tert-OH is 1. The fraction of sp³-hybridized carbons (Fsp3) is 0.824. The molecule has 1 aromatic heterocycles. The molecule has 0 amide bonds. The Morgan fingerprint density at radius 1 is 1.28 bits per heavy atom. The number of hydrogen-bond acceptors (Lipinski definition) is 6. The standard InChI is InChI=1S/C17H30N4O3S/c1-3-6-19-7-4-14(5-8-19)20-9-10-21-15(12-20)11-16(18-21)17(22)13-25(2,23)24/h11,14,17,22H,3-10,12-13H2,1-2H3/t17-/m0/s1. The normalized spacial score (nSPS) is 22.0. The Morgan fingerprint density at radius 2 is 2.00 bits per heavy atom. The molecule has 1 fully saturated rings.